The van der Waals surface area contributed by atoms with Gasteiger partial charge in [0.1, 0.15) is 0 Å². The van der Waals surface area contributed by atoms with Crippen molar-refractivity contribution in [3.8, 4) is 5.88 Å². The maximum Gasteiger partial charge on any atom is 0.418 e. The normalized spacial score (nSPS) is 15.2. The highest BCUT2D eigenvalue weighted by molar-refractivity contribution is 7.14. The van der Waals surface area contributed by atoms with Gasteiger partial charge in [0.15, 0.2) is 5.00 Å². The number of amides is 1. The first kappa shape index (κ1) is 16.1. The molecule has 0 atom stereocenters. The minimum Gasteiger partial charge on any atom is -0.388 e. The third-order valence-electron chi connectivity index (χ3n) is 3.74. The van der Waals surface area contributed by atoms with Crippen LogP contribution in [0.2, 0.25) is 5.02 Å². The number of nitrogens with one attached hydrogen (secondary N) is 2. The van der Waals surface area contributed by atoms with E-state index in [4.69, 9.17) is 16.3 Å². The van der Waals surface area contributed by atoms with Gasteiger partial charge in [0.05, 0.1) is 5.51 Å². The van der Waals surface area contributed by atoms with E-state index in [2.05, 4.69) is 15.6 Å². The van der Waals surface area contributed by atoms with Crippen molar-refractivity contribution in [2.24, 2.45) is 0 Å². The average molecular weight is 352 g/mol. The monoisotopic (exact) mass is 351 g/mol. The number of hydrogen-bond acceptors (Lipinski definition) is 5. The number of benzene rings is 1. The second-order valence-electron chi connectivity index (χ2n) is 5.49. The Morgan fingerprint density at radius 3 is 2.91 bits per heavy atom. The number of rotatable bonds is 4. The molecule has 0 radical (unpaired) electrons. The van der Waals surface area contributed by atoms with Crippen LogP contribution in [0.1, 0.15) is 32.1 Å². The number of thiazole rings is 1. The Morgan fingerprint density at radius 2 is 2.13 bits per heavy atom. The molecule has 7 heteroatoms. The first-order valence-electron chi connectivity index (χ1n) is 7.65. The maximum atomic E-state index is 12.0. The third-order valence-corrected chi connectivity index (χ3v) is 4.71. The molecule has 5 nitrogen and oxygen atoms in total. The van der Waals surface area contributed by atoms with Gasteiger partial charge in [-0.15, -0.1) is 11.3 Å². The summed E-state index contributed by atoms with van der Waals surface area (Å²) in [5, 5.41) is 7.44. The molecule has 1 aliphatic carbocycles. The van der Waals surface area contributed by atoms with E-state index in [1.54, 1.807) is 29.8 Å². The summed E-state index contributed by atoms with van der Waals surface area (Å²) < 4.78 is 5.31. The lowest BCUT2D eigenvalue weighted by molar-refractivity contribution is 0.214. The van der Waals surface area contributed by atoms with Gasteiger partial charge in [-0.2, -0.15) is 0 Å². The van der Waals surface area contributed by atoms with Crippen molar-refractivity contribution in [2.45, 2.75) is 38.1 Å². The summed E-state index contributed by atoms with van der Waals surface area (Å²) in [5.41, 5.74) is 2.26. The van der Waals surface area contributed by atoms with Crippen LogP contribution in [0.25, 0.3) is 0 Å². The highest BCUT2D eigenvalue weighted by atomic mass is 35.5. The molecule has 1 aromatic carbocycles. The molecular formula is C16H18ClN3O2S. The van der Waals surface area contributed by atoms with Gasteiger partial charge in [0, 0.05) is 16.8 Å². The molecule has 1 fully saturated rings. The van der Waals surface area contributed by atoms with Gasteiger partial charge in [-0.1, -0.05) is 36.9 Å². The van der Waals surface area contributed by atoms with Crippen LogP contribution in [0.5, 0.6) is 5.88 Å². The molecule has 0 bridgehead atoms. The van der Waals surface area contributed by atoms with Crippen molar-refractivity contribution >= 4 is 39.7 Å². The van der Waals surface area contributed by atoms with E-state index in [9.17, 15) is 4.79 Å². The highest BCUT2D eigenvalue weighted by Crippen LogP contribution is 2.31. The molecule has 2 N–H and O–H groups in total. The second kappa shape index (κ2) is 7.66. The molecule has 1 aromatic heterocycles. The Balaban J connectivity index is 1.59. The number of ether oxygens (including phenoxy) is 1. The second-order valence-corrected chi connectivity index (χ2v) is 6.78. The summed E-state index contributed by atoms with van der Waals surface area (Å²) in [7, 11) is 0. The van der Waals surface area contributed by atoms with Crippen LogP contribution in [0.15, 0.2) is 29.8 Å². The zero-order chi connectivity index (χ0) is 16.1. The zero-order valence-electron chi connectivity index (χ0n) is 12.5. The largest absolute Gasteiger partial charge is 0.418 e. The molecule has 122 valence electrons. The van der Waals surface area contributed by atoms with Crippen LogP contribution in [-0.2, 0) is 0 Å². The van der Waals surface area contributed by atoms with Crippen LogP contribution < -0.4 is 15.4 Å². The van der Waals surface area contributed by atoms with E-state index >= 15 is 0 Å². The van der Waals surface area contributed by atoms with Gasteiger partial charge in [-0.25, -0.2) is 9.78 Å². The Kier molecular flexibility index (Phi) is 5.35. The molecule has 1 amide bonds. The molecule has 23 heavy (non-hydrogen) atoms. The van der Waals surface area contributed by atoms with E-state index in [1.807, 2.05) is 0 Å². The van der Waals surface area contributed by atoms with E-state index < -0.39 is 6.09 Å². The van der Waals surface area contributed by atoms with Gasteiger partial charge in [0.2, 0.25) is 0 Å². The SMILES string of the molecule is O=C(Nc1cccc(Cl)c1)Oc1ncsc1NC1CCCCC1. The van der Waals surface area contributed by atoms with Crippen LogP contribution in [-0.4, -0.2) is 17.1 Å². The topological polar surface area (TPSA) is 63.2 Å². The molecule has 0 unspecified atom stereocenters. The van der Waals surface area contributed by atoms with Crippen LogP contribution >= 0.6 is 22.9 Å². The molecule has 0 saturated heterocycles. The van der Waals surface area contributed by atoms with Crippen molar-refractivity contribution in [1.82, 2.24) is 4.98 Å². The summed E-state index contributed by atoms with van der Waals surface area (Å²) in [6.45, 7) is 0. The fraction of sp³-hybridized carbons (Fsp3) is 0.375. The standard InChI is InChI=1S/C16H18ClN3O2S/c17-11-5-4-8-13(9-11)20-16(21)22-14-15(23-10-18-14)19-12-6-2-1-3-7-12/h4-5,8-10,12,19H,1-3,6-7H2,(H,20,21). The van der Waals surface area contributed by atoms with E-state index in [-0.39, 0.29) is 0 Å². The summed E-state index contributed by atoms with van der Waals surface area (Å²) in [4.78, 5) is 16.1. The number of carbonyl (C=O) groups is 1. The first-order chi connectivity index (χ1) is 11.2. The Hall–Kier alpha value is -1.79. The fourth-order valence-electron chi connectivity index (χ4n) is 2.63. The van der Waals surface area contributed by atoms with Crippen LogP contribution in [0, 0.1) is 0 Å². The predicted molar refractivity (Wildman–Crippen MR) is 93.7 cm³/mol. The van der Waals surface area contributed by atoms with Gasteiger partial charge < -0.3 is 10.1 Å². The molecule has 1 saturated carbocycles. The lowest BCUT2D eigenvalue weighted by Crippen LogP contribution is -2.23. The molecule has 3 rings (SSSR count). The van der Waals surface area contributed by atoms with Crippen molar-refractivity contribution in [3.05, 3.63) is 34.8 Å². The van der Waals surface area contributed by atoms with E-state index in [1.165, 1.54) is 30.6 Å². The molecule has 1 heterocycles. The number of hydrogen-bond donors (Lipinski definition) is 2. The third kappa shape index (κ3) is 4.59. The number of carbonyl (C=O) groups excluding carboxylic acids is 1. The van der Waals surface area contributed by atoms with E-state index in [0.717, 1.165) is 17.8 Å². The molecule has 2 aromatic rings. The lowest BCUT2D eigenvalue weighted by atomic mass is 9.96. The minimum absolute atomic E-state index is 0.320. The summed E-state index contributed by atoms with van der Waals surface area (Å²) in [6, 6.07) is 7.34. The van der Waals surface area contributed by atoms with Crippen LogP contribution in [0.3, 0.4) is 0 Å². The van der Waals surface area contributed by atoms with Crippen molar-refractivity contribution in [3.63, 3.8) is 0 Å². The number of anilines is 2. The summed E-state index contributed by atoms with van der Waals surface area (Å²) in [6.07, 6.45) is 5.48. The predicted octanol–water partition coefficient (Wildman–Crippen LogP) is 5.15. The molecule has 0 aliphatic heterocycles. The minimum atomic E-state index is -0.579. The smallest absolute Gasteiger partial charge is 0.388 e. The van der Waals surface area contributed by atoms with Gasteiger partial charge >= 0.3 is 6.09 Å². The lowest BCUT2D eigenvalue weighted by Gasteiger charge is -2.23. The van der Waals surface area contributed by atoms with Crippen molar-refractivity contribution in [1.29, 1.82) is 0 Å². The van der Waals surface area contributed by atoms with Crippen molar-refractivity contribution < 1.29 is 9.53 Å². The number of aromatic nitrogens is 1. The Bertz CT molecular complexity index is 671. The quantitative estimate of drug-likeness (QED) is 0.799. The van der Waals surface area contributed by atoms with E-state index in [0.29, 0.717) is 22.6 Å². The average Bonchev–Trinajstić information content (AvgIpc) is 2.95. The Morgan fingerprint density at radius 1 is 1.30 bits per heavy atom. The van der Waals surface area contributed by atoms with Crippen molar-refractivity contribution in [2.75, 3.05) is 10.6 Å². The zero-order valence-corrected chi connectivity index (χ0v) is 14.1. The highest BCUT2D eigenvalue weighted by Gasteiger charge is 2.18. The van der Waals surface area contributed by atoms with Crippen LogP contribution in [0.4, 0.5) is 15.5 Å². The maximum absolute atomic E-state index is 12.0. The Labute approximate surface area is 144 Å². The number of halogens is 1. The fourth-order valence-corrected chi connectivity index (χ4v) is 3.51. The summed E-state index contributed by atoms with van der Waals surface area (Å²) in [5.74, 6) is 0.320. The summed E-state index contributed by atoms with van der Waals surface area (Å²) >= 11 is 7.34. The molecule has 0 spiro atoms. The van der Waals surface area contributed by atoms with Gasteiger partial charge in [-0.05, 0) is 31.0 Å². The first-order valence-corrected chi connectivity index (χ1v) is 8.91. The molecular weight excluding hydrogens is 334 g/mol. The number of nitrogens with zero attached hydrogens (tertiary/aromatic N) is 1. The van der Waals surface area contributed by atoms with Gasteiger partial charge in [0.25, 0.3) is 5.88 Å². The van der Waals surface area contributed by atoms with Gasteiger partial charge in [-0.3, -0.25) is 5.32 Å². The molecule has 1 aliphatic rings.